The summed E-state index contributed by atoms with van der Waals surface area (Å²) in [4.78, 5) is 37.2. The van der Waals surface area contributed by atoms with Crippen LogP contribution >= 0.6 is 11.6 Å². The highest BCUT2D eigenvalue weighted by molar-refractivity contribution is 6.31. The van der Waals surface area contributed by atoms with Gasteiger partial charge in [0.15, 0.2) is 0 Å². The molecule has 0 spiro atoms. The zero-order valence-electron chi connectivity index (χ0n) is 17.7. The summed E-state index contributed by atoms with van der Waals surface area (Å²) in [5.41, 5.74) is 1.28. The largest absolute Gasteiger partial charge is 0.351 e. The second-order valence-corrected chi connectivity index (χ2v) is 8.28. The van der Waals surface area contributed by atoms with E-state index in [2.05, 4.69) is 15.3 Å². The molecule has 1 aliphatic rings. The molecule has 3 aromatic rings. The lowest BCUT2D eigenvalue weighted by atomic mass is 9.94. The SMILES string of the molecule is O=C(NC1CCCCC1)C(c1ccccc1Cl)N(C(=O)c1ccccn1)c1cccnc1. The molecule has 2 heterocycles. The van der Waals surface area contributed by atoms with Crippen LogP contribution in [0.1, 0.15) is 54.2 Å². The van der Waals surface area contributed by atoms with Gasteiger partial charge in [-0.3, -0.25) is 24.5 Å². The monoisotopic (exact) mass is 448 g/mol. The van der Waals surface area contributed by atoms with E-state index in [1.807, 2.05) is 6.07 Å². The highest BCUT2D eigenvalue weighted by Crippen LogP contribution is 2.33. The van der Waals surface area contributed by atoms with E-state index in [-0.39, 0.29) is 17.6 Å². The predicted octanol–water partition coefficient (Wildman–Crippen LogP) is 4.97. The molecule has 0 bridgehead atoms. The maximum Gasteiger partial charge on any atom is 0.277 e. The van der Waals surface area contributed by atoms with Crippen molar-refractivity contribution in [3.05, 3.63) is 89.5 Å². The summed E-state index contributed by atoms with van der Waals surface area (Å²) < 4.78 is 0. The molecule has 1 N–H and O–H groups in total. The summed E-state index contributed by atoms with van der Waals surface area (Å²) in [6, 6.07) is 14.8. The van der Waals surface area contributed by atoms with Crippen molar-refractivity contribution >= 4 is 29.1 Å². The van der Waals surface area contributed by atoms with E-state index in [9.17, 15) is 9.59 Å². The van der Waals surface area contributed by atoms with E-state index < -0.39 is 11.9 Å². The minimum Gasteiger partial charge on any atom is -0.351 e. The number of carbonyl (C=O) groups excluding carboxylic acids is 2. The van der Waals surface area contributed by atoms with Gasteiger partial charge in [-0.25, -0.2) is 0 Å². The van der Waals surface area contributed by atoms with Crippen LogP contribution in [0.25, 0.3) is 0 Å². The molecule has 1 aromatic carbocycles. The molecule has 1 fully saturated rings. The van der Waals surface area contributed by atoms with Crippen LogP contribution in [0.2, 0.25) is 5.02 Å². The lowest BCUT2D eigenvalue weighted by Gasteiger charge is -2.33. The third-order valence-electron chi connectivity index (χ3n) is 5.68. The molecule has 2 aromatic heterocycles. The average Bonchev–Trinajstić information content (AvgIpc) is 2.84. The number of hydrogen-bond donors (Lipinski definition) is 1. The number of nitrogens with zero attached hydrogens (tertiary/aromatic N) is 3. The van der Waals surface area contributed by atoms with Crippen LogP contribution in [-0.4, -0.2) is 27.8 Å². The number of pyridine rings is 2. The fourth-order valence-electron chi connectivity index (χ4n) is 4.11. The number of carbonyl (C=O) groups is 2. The minimum absolute atomic E-state index is 0.0851. The Hall–Kier alpha value is -3.25. The lowest BCUT2D eigenvalue weighted by molar-refractivity contribution is -0.123. The van der Waals surface area contributed by atoms with Crippen molar-refractivity contribution in [2.75, 3.05) is 4.90 Å². The summed E-state index contributed by atoms with van der Waals surface area (Å²) in [7, 11) is 0. The van der Waals surface area contributed by atoms with E-state index in [1.165, 1.54) is 11.3 Å². The predicted molar refractivity (Wildman–Crippen MR) is 124 cm³/mol. The molecule has 1 saturated carbocycles. The quantitative estimate of drug-likeness (QED) is 0.577. The van der Waals surface area contributed by atoms with Gasteiger partial charge in [0.05, 0.1) is 11.9 Å². The highest BCUT2D eigenvalue weighted by Gasteiger charge is 2.36. The highest BCUT2D eigenvalue weighted by atomic mass is 35.5. The number of rotatable bonds is 6. The first-order valence-electron chi connectivity index (χ1n) is 10.8. The van der Waals surface area contributed by atoms with Crippen molar-refractivity contribution in [1.82, 2.24) is 15.3 Å². The van der Waals surface area contributed by atoms with E-state index >= 15 is 0 Å². The molecule has 0 saturated heterocycles. The molecule has 1 aliphatic carbocycles. The summed E-state index contributed by atoms with van der Waals surface area (Å²) in [6.45, 7) is 0. The molecular weight excluding hydrogens is 424 g/mol. The molecule has 164 valence electrons. The first kappa shape index (κ1) is 22.0. The van der Waals surface area contributed by atoms with Crippen molar-refractivity contribution in [1.29, 1.82) is 0 Å². The lowest BCUT2D eigenvalue weighted by Crippen LogP contribution is -2.47. The Morgan fingerprint density at radius 3 is 2.44 bits per heavy atom. The molecule has 6 nitrogen and oxygen atoms in total. The van der Waals surface area contributed by atoms with E-state index in [0.29, 0.717) is 16.3 Å². The normalized spacial score (nSPS) is 15.0. The maximum atomic E-state index is 13.7. The van der Waals surface area contributed by atoms with Gasteiger partial charge >= 0.3 is 0 Å². The standard InChI is InChI=1S/C25H25ClN4O2/c26-21-13-5-4-12-20(21)23(24(31)29-18-9-2-1-3-10-18)30(19-11-8-15-27-17-19)25(32)22-14-6-7-16-28-22/h4-8,11-18,23H,1-3,9-10H2,(H,29,31). The summed E-state index contributed by atoms with van der Waals surface area (Å²) in [5, 5.41) is 3.58. The van der Waals surface area contributed by atoms with Crippen molar-refractivity contribution in [2.24, 2.45) is 0 Å². The van der Waals surface area contributed by atoms with Gasteiger partial charge in [-0.15, -0.1) is 0 Å². The van der Waals surface area contributed by atoms with Crippen molar-refractivity contribution < 1.29 is 9.59 Å². The van der Waals surface area contributed by atoms with Gasteiger partial charge in [0.25, 0.3) is 5.91 Å². The molecule has 2 amide bonds. The van der Waals surface area contributed by atoms with Crippen LogP contribution in [-0.2, 0) is 4.79 Å². The molecule has 0 radical (unpaired) electrons. The molecule has 4 rings (SSSR count). The van der Waals surface area contributed by atoms with Crippen LogP contribution in [0.5, 0.6) is 0 Å². The van der Waals surface area contributed by atoms with Gasteiger partial charge in [-0.2, -0.15) is 0 Å². The Balaban J connectivity index is 1.80. The summed E-state index contributed by atoms with van der Waals surface area (Å²) in [5.74, 6) is -0.666. The van der Waals surface area contributed by atoms with Crippen molar-refractivity contribution in [3.8, 4) is 0 Å². The number of hydrogen-bond acceptors (Lipinski definition) is 4. The fraction of sp³-hybridized carbons (Fsp3) is 0.280. The molecule has 7 heteroatoms. The Morgan fingerprint density at radius 1 is 0.969 bits per heavy atom. The Morgan fingerprint density at radius 2 is 1.75 bits per heavy atom. The third kappa shape index (κ3) is 4.97. The van der Waals surface area contributed by atoms with Crippen molar-refractivity contribution in [3.63, 3.8) is 0 Å². The van der Waals surface area contributed by atoms with Gasteiger partial charge in [0, 0.05) is 29.0 Å². The minimum atomic E-state index is -0.968. The van der Waals surface area contributed by atoms with Crippen LogP contribution in [0.15, 0.2) is 73.2 Å². The van der Waals surface area contributed by atoms with Gasteiger partial charge < -0.3 is 5.32 Å². The summed E-state index contributed by atoms with van der Waals surface area (Å²) >= 11 is 6.54. The zero-order valence-corrected chi connectivity index (χ0v) is 18.4. The van der Waals surface area contributed by atoms with Gasteiger partial charge in [-0.1, -0.05) is 55.1 Å². The smallest absolute Gasteiger partial charge is 0.277 e. The molecule has 1 atom stereocenters. The summed E-state index contributed by atoms with van der Waals surface area (Å²) in [6.07, 6.45) is 9.96. The number of amides is 2. The Kier molecular flexibility index (Phi) is 7.12. The average molecular weight is 449 g/mol. The molecule has 1 unspecified atom stereocenters. The van der Waals surface area contributed by atoms with E-state index in [0.717, 1.165) is 25.7 Å². The topological polar surface area (TPSA) is 75.2 Å². The van der Waals surface area contributed by atoms with Gasteiger partial charge in [-0.05, 0) is 43.2 Å². The van der Waals surface area contributed by atoms with Crippen LogP contribution in [0, 0.1) is 0 Å². The molecular formula is C25H25ClN4O2. The Labute approximate surface area is 192 Å². The Bertz CT molecular complexity index is 1060. The van der Waals surface area contributed by atoms with Crippen molar-refractivity contribution in [2.45, 2.75) is 44.2 Å². The van der Waals surface area contributed by atoms with Gasteiger partial charge in [0.2, 0.25) is 5.91 Å². The maximum absolute atomic E-state index is 13.7. The van der Waals surface area contributed by atoms with Crippen LogP contribution in [0.4, 0.5) is 5.69 Å². The van der Waals surface area contributed by atoms with E-state index in [1.54, 1.807) is 67.1 Å². The van der Waals surface area contributed by atoms with Crippen LogP contribution < -0.4 is 10.2 Å². The third-order valence-corrected chi connectivity index (χ3v) is 6.03. The number of aromatic nitrogens is 2. The second-order valence-electron chi connectivity index (χ2n) is 7.87. The van der Waals surface area contributed by atoms with Gasteiger partial charge in [0.1, 0.15) is 11.7 Å². The number of benzene rings is 1. The van der Waals surface area contributed by atoms with E-state index in [4.69, 9.17) is 11.6 Å². The molecule has 0 aliphatic heterocycles. The first-order chi connectivity index (χ1) is 15.6. The second kappa shape index (κ2) is 10.4. The molecule has 32 heavy (non-hydrogen) atoms. The number of anilines is 1. The fourth-order valence-corrected chi connectivity index (χ4v) is 4.35. The van der Waals surface area contributed by atoms with Crippen LogP contribution in [0.3, 0.4) is 0 Å². The number of halogens is 1. The zero-order chi connectivity index (χ0) is 22.3. The number of nitrogens with one attached hydrogen (secondary N) is 1. The first-order valence-corrected chi connectivity index (χ1v) is 11.2.